The summed E-state index contributed by atoms with van der Waals surface area (Å²) in [5.74, 6) is -0.621. The number of hydrogen-bond acceptors (Lipinski definition) is 5. The lowest BCUT2D eigenvalue weighted by Crippen LogP contribution is -2.40. The fraction of sp³-hybridized carbons (Fsp3) is 0.158. The molecule has 0 aliphatic carbocycles. The molecule has 0 fully saturated rings. The molecule has 2 atom stereocenters. The lowest BCUT2D eigenvalue weighted by molar-refractivity contribution is -0.120. The van der Waals surface area contributed by atoms with Crippen LogP contribution in [0.2, 0.25) is 0 Å². The van der Waals surface area contributed by atoms with Crippen molar-refractivity contribution < 1.29 is 14.3 Å². The number of benzene rings is 2. The highest BCUT2D eigenvalue weighted by atomic mass is 19.1. The van der Waals surface area contributed by atoms with Crippen LogP contribution >= 0.6 is 0 Å². The molecule has 0 aliphatic rings. The Bertz CT molecular complexity index is 977. The number of fused-ring (bicyclic) bond motifs is 1. The van der Waals surface area contributed by atoms with Crippen LogP contribution in [0.1, 0.15) is 18.7 Å². The van der Waals surface area contributed by atoms with Gasteiger partial charge in [0.1, 0.15) is 17.9 Å². The number of nitrogen functional groups attached to an aromatic ring is 1. The molecule has 0 spiro atoms. The molecule has 3 aromatic rings. The summed E-state index contributed by atoms with van der Waals surface area (Å²) in [4.78, 5) is 15.3. The first-order valence-electron chi connectivity index (χ1n) is 8.04. The van der Waals surface area contributed by atoms with E-state index in [1.165, 1.54) is 18.3 Å². The molecule has 1 amide bonds. The van der Waals surface area contributed by atoms with Crippen molar-refractivity contribution in [1.29, 1.82) is 0 Å². The Morgan fingerprint density at radius 3 is 2.62 bits per heavy atom. The molecule has 1 heterocycles. The number of carbonyl (C=O) groups excluding carboxylic acids is 1. The number of nitrogens with two attached hydrogens (primary N) is 2. The SMILES string of the molecule is C[C@@H](NC(O)c1cnc(N)c2cc(-c3cccc(F)c3)ccc12)C(N)=O. The maximum atomic E-state index is 13.5. The second kappa shape index (κ2) is 7.07. The van der Waals surface area contributed by atoms with Gasteiger partial charge in [0.15, 0.2) is 0 Å². The molecular formula is C19H19FN4O2. The van der Waals surface area contributed by atoms with E-state index in [1.807, 2.05) is 6.07 Å². The van der Waals surface area contributed by atoms with Crippen molar-refractivity contribution >= 4 is 22.5 Å². The molecule has 134 valence electrons. The molecule has 3 rings (SSSR count). The van der Waals surface area contributed by atoms with E-state index >= 15 is 0 Å². The van der Waals surface area contributed by atoms with Crippen molar-refractivity contribution in [3.63, 3.8) is 0 Å². The Labute approximate surface area is 149 Å². The third-order valence-corrected chi connectivity index (χ3v) is 4.24. The van der Waals surface area contributed by atoms with Crippen LogP contribution in [0.5, 0.6) is 0 Å². The summed E-state index contributed by atoms with van der Waals surface area (Å²) in [6, 6.07) is 10.9. The number of aliphatic hydroxyl groups is 1. The van der Waals surface area contributed by atoms with Gasteiger partial charge in [-0.05, 0) is 41.6 Å². The molecule has 6 nitrogen and oxygen atoms in total. The monoisotopic (exact) mass is 354 g/mol. The second-order valence-corrected chi connectivity index (χ2v) is 6.06. The fourth-order valence-electron chi connectivity index (χ4n) is 2.76. The van der Waals surface area contributed by atoms with Crippen LogP contribution in [0.4, 0.5) is 10.2 Å². The van der Waals surface area contributed by atoms with Gasteiger partial charge in [-0.15, -0.1) is 0 Å². The van der Waals surface area contributed by atoms with Gasteiger partial charge in [0.2, 0.25) is 5.91 Å². The minimum atomic E-state index is -1.15. The normalized spacial score (nSPS) is 13.5. The van der Waals surface area contributed by atoms with Crippen LogP contribution < -0.4 is 16.8 Å². The summed E-state index contributed by atoms with van der Waals surface area (Å²) < 4.78 is 13.5. The molecule has 0 bridgehead atoms. The van der Waals surface area contributed by atoms with Crippen molar-refractivity contribution in [2.75, 3.05) is 5.73 Å². The molecule has 0 saturated heterocycles. The maximum Gasteiger partial charge on any atom is 0.234 e. The number of aromatic nitrogens is 1. The van der Waals surface area contributed by atoms with Crippen molar-refractivity contribution in [2.45, 2.75) is 19.2 Å². The van der Waals surface area contributed by atoms with E-state index in [1.54, 1.807) is 31.2 Å². The lowest BCUT2D eigenvalue weighted by atomic mass is 9.99. The summed E-state index contributed by atoms with van der Waals surface area (Å²) >= 11 is 0. The van der Waals surface area contributed by atoms with Crippen LogP contribution in [0.15, 0.2) is 48.7 Å². The Kier molecular flexibility index (Phi) is 4.83. The summed E-state index contributed by atoms with van der Waals surface area (Å²) in [7, 11) is 0. The number of halogens is 1. The number of primary amides is 1. The lowest BCUT2D eigenvalue weighted by Gasteiger charge is -2.19. The first-order chi connectivity index (χ1) is 12.4. The van der Waals surface area contributed by atoms with Crippen LogP contribution in [-0.4, -0.2) is 22.0 Å². The van der Waals surface area contributed by atoms with Gasteiger partial charge in [0.25, 0.3) is 0 Å². The molecule has 0 saturated carbocycles. The molecule has 0 radical (unpaired) electrons. The number of anilines is 1. The van der Waals surface area contributed by atoms with E-state index in [9.17, 15) is 14.3 Å². The highest BCUT2D eigenvalue weighted by molar-refractivity contribution is 5.96. The molecule has 1 unspecified atom stereocenters. The standard InChI is InChI=1S/C19H19FN4O2/c1-10(18(22)25)24-19(26)16-9-23-17(21)15-8-12(5-6-14(15)16)11-3-2-4-13(20)7-11/h2-10,19,24,26H,1H3,(H2,21,23)(H2,22,25)/t10-,19?/m1/s1. The zero-order valence-corrected chi connectivity index (χ0v) is 14.1. The molecule has 7 heteroatoms. The predicted octanol–water partition coefficient (Wildman–Crippen LogP) is 2.08. The fourth-order valence-corrected chi connectivity index (χ4v) is 2.76. The Morgan fingerprint density at radius 1 is 1.19 bits per heavy atom. The first kappa shape index (κ1) is 17.8. The van der Waals surface area contributed by atoms with E-state index in [0.717, 1.165) is 5.56 Å². The number of nitrogens with zero attached hydrogens (tertiary/aromatic N) is 1. The van der Waals surface area contributed by atoms with Crippen molar-refractivity contribution in [1.82, 2.24) is 10.3 Å². The molecular weight excluding hydrogens is 335 g/mol. The van der Waals surface area contributed by atoms with Gasteiger partial charge in [0.05, 0.1) is 6.04 Å². The van der Waals surface area contributed by atoms with E-state index in [-0.39, 0.29) is 11.6 Å². The number of nitrogens with one attached hydrogen (secondary N) is 1. The van der Waals surface area contributed by atoms with Crippen LogP contribution in [0.3, 0.4) is 0 Å². The molecule has 1 aromatic heterocycles. The Balaban J connectivity index is 2.05. The number of carbonyl (C=O) groups is 1. The Morgan fingerprint density at radius 2 is 1.92 bits per heavy atom. The van der Waals surface area contributed by atoms with E-state index in [0.29, 0.717) is 21.9 Å². The van der Waals surface area contributed by atoms with E-state index < -0.39 is 18.2 Å². The van der Waals surface area contributed by atoms with Gasteiger partial charge >= 0.3 is 0 Å². The summed E-state index contributed by atoms with van der Waals surface area (Å²) in [5.41, 5.74) is 13.2. The zero-order valence-electron chi connectivity index (χ0n) is 14.1. The molecule has 2 aromatic carbocycles. The van der Waals surface area contributed by atoms with Gasteiger partial charge in [-0.2, -0.15) is 0 Å². The topological polar surface area (TPSA) is 114 Å². The highest BCUT2D eigenvalue weighted by Crippen LogP contribution is 2.31. The van der Waals surface area contributed by atoms with Gasteiger partial charge in [-0.3, -0.25) is 10.1 Å². The average molecular weight is 354 g/mol. The number of pyridine rings is 1. The number of amides is 1. The number of hydrogen-bond donors (Lipinski definition) is 4. The van der Waals surface area contributed by atoms with Gasteiger partial charge in [-0.1, -0.05) is 24.3 Å². The van der Waals surface area contributed by atoms with Crippen LogP contribution in [-0.2, 0) is 4.79 Å². The summed E-state index contributed by atoms with van der Waals surface area (Å²) in [5, 5.41) is 14.4. The zero-order chi connectivity index (χ0) is 18.8. The van der Waals surface area contributed by atoms with Crippen molar-refractivity contribution in [3.05, 3.63) is 60.0 Å². The Hall–Kier alpha value is -3.03. The highest BCUT2D eigenvalue weighted by Gasteiger charge is 2.18. The smallest absolute Gasteiger partial charge is 0.234 e. The molecule has 0 aliphatic heterocycles. The van der Waals surface area contributed by atoms with Crippen LogP contribution in [0.25, 0.3) is 21.9 Å². The van der Waals surface area contributed by atoms with Gasteiger partial charge in [0, 0.05) is 17.1 Å². The minimum Gasteiger partial charge on any atom is -0.383 e. The van der Waals surface area contributed by atoms with Gasteiger partial charge < -0.3 is 16.6 Å². The van der Waals surface area contributed by atoms with E-state index in [4.69, 9.17) is 11.5 Å². The summed E-state index contributed by atoms with van der Waals surface area (Å²) in [6.07, 6.45) is 0.304. The maximum absolute atomic E-state index is 13.5. The van der Waals surface area contributed by atoms with E-state index in [2.05, 4.69) is 10.3 Å². The number of aliphatic hydroxyl groups excluding tert-OH is 1. The van der Waals surface area contributed by atoms with Crippen molar-refractivity contribution in [3.8, 4) is 11.1 Å². The summed E-state index contributed by atoms with van der Waals surface area (Å²) in [6.45, 7) is 1.56. The molecule has 6 N–H and O–H groups in total. The van der Waals surface area contributed by atoms with Crippen LogP contribution in [0, 0.1) is 5.82 Å². The second-order valence-electron chi connectivity index (χ2n) is 6.06. The quantitative estimate of drug-likeness (QED) is 0.524. The predicted molar refractivity (Wildman–Crippen MR) is 98.3 cm³/mol. The first-order valence-corrected chi connectivity index (χ1v) is 8.04. The largest absolute Gasteiger partial charge is 0.383 e. The minimum absolute atomic E-state index is 0.289. The average Bonchev–Trinajstić information content (AvgIpc) is 2.61. The van der Waals surface area contributed by atoms with Gasteiger partial charge in [-0.25, -0.2) is 9.37 Å². The molecule has 26 heavy (non-hydrogen) atoms. The van der Waals surface area contributed by atoms with Crippen molar-refractivity contribution in [2.24, 2.45) is 5.73 Å². The third-order valence-electron chi connectivity index (χ3n) is 4.24. The number of rotatable bonds is 5. The third kappa shape index (κ3) is 3.49.